The third kappa shape index (κ3) is 7.77. The fourth-order valence-electron chi connectivity index (χ4n) is 3.20. The summed E-state index contributed by atoms with van der Waals surface area (Å²) in [5, 5.41) is 5.69. The lowest BCUT2D eigenvalue weighted by Gasteiger charge is -2.17. The molecule has 0 radical (unpaired) electrons. The molecule has 2 aromatic carbocycles. The van der Waals surface area contributed by atoms with Crippen LogP contribution >= 0.6 is 11.3 Å². The molecule has 174 valence electrons. The SMILES string of the molecule is CCc1csc([C@H](Cc2ccc(NS(=O)(=O)O)cc2)NC(=O)CCC(=O)c2ccccc2)n1. The van der Waals surface area contributed by atoms with Crippen molar-refractivity contribution in [2.24, 2.45) is 0 Å². The van der Waals surface area contributed by atoms with Crippen LogP contribution in [0.1, 0.15) is 52.4 Å². The van der Waals surface area contributed by atoms with Crippen molar-refractivity contribution in [2.45, 2.75) is 38.6 Å². The van der Waals surface area contributed by atoms with E-state index in [9.17, 15) is 18.0 Å². The zero-order chi connectivity index (χ0) is 23.8. The largest absolute Gasteiger partial charge is 0.357 e. The first-order chi connectivity index (χ1) is 15.7. The van der Waals surface area contributed by atoms with Gasteiger partial charge in [-0.25, -0.2) is 4.98 Å². The Kier molecular flexibility index (Phi) is 8.32. The maximum Gasteiger partial charge on any atom is 0.357 e. The van der Waals surface area contributed by atoms with Gasteiger partial charge in [-0.05, 0) is 30.5 Å². The molecule has 1 heterocycles. The highest BCUT2D eigenvalue weighted by Crippen LogP contribution is 2.24. The summed E-state index contributed by atoms with van der Waals surface area (Å²) in [6, 6.07) is 14.9. The average Bonchev–Trinajstić information content (AvgIpc) is 3.27. The molecule has 3 N–H and O–H groups in total. The van der Waals surface area contributed by atoms with Crippen molar-refractivity contribution in [1.29, 1.82) is 0 Å². The van der Waals surface area contributed by atoms with Gasteiger partial charge in [0.1, 0.15) is 5.01 Å². The minimum atomic E-state index is -4.35. The van der Waals surface area contributed by atoms with Crippen LogP contribution in [0.5, 0.6) is 0 Å². The highest BCUT2D eigenvalue weighted by atomic mass is 32.2. The lowest BCUT2D eigenvalue weighted by Crippen LogP contribution is -2.30. The average molecular weight is 488 g/mol. The van der Waals surface area contributed by atoms with Crippen LogP contribution in [0.15, 0.2) is 60.0 Å². The first-order valence-electron chi connectivity index (χ1n) is 10.4. The van der Waals surface area contributed by atoms with Gasteiger partial charge in [-0.1, -0.05) is 49.4 Å². The Morgan fingerprint density at radius 1 is 1.06 bits per heavy atom. The summed E-state index contributed by atoms with van der Waals surface area (Å²) in [4.78, 5) is 29.6. The van der Waals surface area contributed by atoms with Gasteiger partial charge in [-0.15, -0.1) is 11.3 Å². The van der Waals surface area contributed by atoms with Gasteiger partial charge in [-0.3, -0.25) is 18.9 Å². The minimum Gasteiger partial charge on any atom is -0.347 e. The molecule has 3 aromatic rings. The van der Waals surface area contributed by atoms with E-state index in [2.05, 4.69) is 10.3 Å². The number of nitrogens with one attached hydrogen (secondary N) is 2. The number of Topliss-reactive ketones (excluding diaryl/α,β-unsaturated/α-hetero) is 1. The van der Waals surface area contributed by atoms with Crippen LogP contribution in [-0.2, 0) is 27.9 Å². The predicted molar refractivity (Wildman–Crippen MR) is 128 cm³/mol. The summed E-state index contributed by atoms with van der Waals surface area (Å²) in [7, 11) is -4.35. The Hall–Kier alpha value is -3.08. The summed E-state index contributed by atoms with van der Waals surface area (Å²) in [6.07, 6.45) is 1.38. The minimum absolute atomic E-state index is 0.0630. The fraction of sp³-hybridized carbons (Fsp3) is 0.261. The van der Waals surface area contributed by atoms with E-state index in [-0.39, 0.29) is 30.2 Å². The van der Waals surface area contributed by atoms with Crippen LogP contribution in [0.4, 0.5) is 5.69 Å². The van der Waals surface area contributed by atoms with Gasteiger partial charge in [-0.2, -0.15) is 8.42 Å². The molecule has 3 rings (SSSR count). The van der Waals surface area contributed by atoms with Crippen LogP contribution < -0.4 is 10.0 Å². The van der Waals surface area contributed by atoms with E-state index in [1.54, 1.807) is 36.4 Å². The second-order valence-corrected chi connectivity index (χ2v) is 9.46. The second-order valence-electron chi connectivity index (χ2n) is 7.42. The van der Waals surface area contributed by atoms with Gasteiger partial charge in [0.15, 0.2) is 5.78 Å². The summed E-state index contributed by atoms with van der Waals surface area (Å²) in [5.74, 6) is -0.339. The van der Waals surface area contributed by atoms with E-state index < -0.39 is 16.3 Å². The topological polar surface area (TPSA) is 125 Å². The standard InChI is InChI=1S/C23H25N3O5S2/c1-2-18-15-32-23(24-18)20(14-16-8-10-19(11-9-16)26-33(29,30)31)25-22(28)13-12-21(27)17-6-4-3-5-7-17/h3-11,15,20,26H,2,12-14H2,1H3,(H,25,28)(H,29,30,31)/t20-/m0/s1. The van der Waals surface area contributed by atoms with E-state index in [1.807, 2.05) is 23.1 Å². The number of benzene rings is 2. The molecule has 0 saturated heterocycles. The number of anilines is 1. The number of nitrogens with zero attached hydrogens (tertiary/aromatic N) is 1. The van der Waals surface area contributed by atoms with Gasteiger partial charge in [0.05, 0.1) is 17.4 Å². The molecule has 0 aliphatic rings. The highest BCUT2D eigenvalue weighted by Gasteiger charge is 2.20. The first kappa shape index (κ1) is 24.6. The molecule has 0 aliphatic carbocycles. The molecule has 0 saturated carbocycles. The number of ketones is 1. The molecule has 33 heavy (non-hydrogen) atoms. The second kappa shape index (κ2) is 11.2. The summed E-state index contributed by atoms with van der Waals surface area (Å²) >= 11 is 1.46. The Balaban J connectivity index is 1.68. The summed E-state index contributed by atoms with van der Waals surface area (Å²) < 4.78 is 32.8. The molecule has 10 heteroatoms. The van der Waals surface area contributed by atoms with E-state index in [4.69, 9.17) is 4.55 Å². The molecule has 0 unspecified atom stereocenters. The zero-order valence-electron chi connectivity index (χ0n) is 18.0. The van der Waals surface area contributed by atoms with E-state index >= 15 is 0 Å². The lowest BCUT2D eigenvalue weighted by molar-refractivity contribution is -0.121. The van der Waals surface area contributed by atoms with Crippen molar-refractivity contribution in [3.8, 4) is 0 Å². The fourth-order valence-corrected chi connectivity index (χ4v) is 4.59. The van der Waals surface area contributed by atoms with Crippen molar-refractivity contribution < 1.29 is 22.6 Å². The van der Waals surface area contributed by atoms with Gasteiger partial charge >= 0.3 is 10.3 Å². The number of carbonyl (C=O) groups excluding carboxylic acids is 2. The highest BCUT2D eigenvalue weighted by molar-refractivity contribution is 7.87. The Morgan fingerprint density at radius 3 is 2.36 bits per heavy atom. The molecule has 0 bridgehead atoms. The predicted octanol–water partition coefficient (Wildman–Crippen LogP) is 3.98. The smallest absolute Gasteiger partial charge is 0.347 e. The Morgan fingerprint density at radius 2 is 1.76 bits per heavy atom. The molecular formula is C23H25N3O5S2. The van der Waals surface area contributed by atoms with Crippen molar-refractivity contribution in [2.75, 3.05) is 4.72 Å². The molecule has 8 nitrogen and oxygen atoms in total. The number of hydrogen-bond donors (Lipinski definition) is 3. The lowest BCUT2D eigenvalue weighted by atomic mass is 10.0. The number of aromatic nitrogens is 1. The zero-order valence-corrected chi connectivity index (χ0v) is 19.7. The summed E-state index contributed by atoms with van der Waals surface area (Å²) in [6.45, 7) is 2.00. The number of aryl methyl sites for hydroxylation is 1. The van der Waals surface area contributed by atoms with Crippen LogP contribution in [0, 0.1) is 0 Å². The van der Waals surface area contributed by atoms with Crippen LogP contribution in [0.25, 0.3) is 0 Å². The number of carbonyl (C=O) groups is 2. The number of amides is 1. The van der Waals surface area contributed by atoms with E-state index in [1.165, 1.54) is 23.5 Å². The monoisotopic (exact) mass is 487 g/mol. The molecule has 1 aromatic heterocycles. The van der Waals surface area contributed by atoms with Gasteiger partial charge < -0.3 is 5.32 Å². The maximum atomic E-state index is 12.6. The first-order valence-corrected chi connectivity index (χ1v) is 12.7. The molecule has 0 spiro atoms. The Bertz CT molecular complexity index is 1190. The number of hydrogen-bond acceptors (Lipinski definition) is 6. The van der Waals surface area contributed by atoms with Gasteiger partial charge in [0.25, 0.3) is 0 Å². The van der Waals surface area contributed by atoms with Crippen LogP contribution in [0.3, 0.4) is 0 Å². The van der Waals surface area contributed by atoms with Crippen molar-refractivity contribution in [1.82, 2.24) is 10.3 Å². The third-order valence-corrected chi connectivity index (χ3v) is 6.38. The van der Waals surface area contributed by atoms with Crippen molar-refractivity contribution in [3.63, 3.8) is 0 Å². The van der Waals surface area contributed by atoms with Gasteiger partial charge in [0, 0.05) is 23.8 Å². The normalized spacial score (nSPS) is 12.2. The van der Waals surface area contributed by atoms with Crippen molar-refractivity contribution >= 4 is 39.0 Å². The molecule has 0 fully saturated rings. The molecule has 1 atom stereocenters. The van der Waals surface area contributed by atoms with E-state index in [0.717, 1.165) is 22.7 Å². The molecule has 1 amide bonds. The van der Waals surface area contributed by atoms with Crippen LogP contribution in [-0.4, -0.2) is 29.6 Å². The van der Waals surface area contributed by atoms with Crippen molar-refractivity contribution in [3.05, 3.63) is 81.8 Å². The molecule has 0 aliphatic heterocycles. The summed E-state index contributed by atoms with van der Waals surface area (Å²) in [5.41, 5.74) is 2.58. The third-order valence-electron chi connectivity index (χ3n) is 4.88. The quantitative estimate of drug-likeness (QED) is 0.277. The number of rotatable bonds is 11. The van der Waals surface area contributed by atoms with Gasteiger partial charge in [0.2, 0.25) is 5.91 Å². The Labute approximate surface area is 197 Å². The molecular weight excluding hydrogens is 462 g/mol. The maximum absolute atomic E-state index is 12.6. The number of thiazole rings is 1. The van der Waals surface area contributed by atoms with Crippen LogP contribution in [0.2, 0.25) is 0 Å². The van der Waals surface area contributed by atoms with E-state index in [0.29, 0.717) is 12.0 Å².